The lowest BCUT2D eigenvalue weighted by Gasteiger charge is -2.29. The number of carbonyl (C=O) groups excluding carboxylic acids is 1. The molecule has 1 amide bonds. The number of hydrogen-bond acceptors (Lipinski definition) is 3. The fourth-order valence-corrected chi connectivity index (χ4v) is 4.28. The van der Waals surface area contributed by atoms with Crippen molar-refractivity contribution < 1.29 is 19.4 Å². The minimum Gasteiger partial charge on any atom is -0.481 e. The third kappa shape index (κ3) is 4.93. The van der Waals surface area contributed by atoms with E-state index in [1.54, 1.807) is 12.0 Å². The van der Waals surface area contributed by atoms with Gasteiger partial charge in [-0.1, -0.05) is 39.0 Å². The van der Waals surface area contributed by atoms with Crippen LogP contribution in [0.3, 0.4) is 0 Å². The first-order chi connectivity index (χ1) is 11.0. The van der Waals surface area contributed by atoms with Gasteiger partial charge < -0.3 is 14.7 Å². The highest BCUT2D eigenvalue weighted by Crippen LogP contribution is 2.34. The van der Waals surface area contributed by atoms with Crippen LogP contribution >= 0.6 is 0 Å². The summed E-state index contributed by atoms with van der Waals surface area (Å²) in [5, 5.41) is 9.13. The molecule has 1 saturated carbocycles. The van der Waals surface area contributed by atoms with Crippen molar-refractivity contribution in [3.63, 3.8) is 0 Å². The number of hydrogen-bond donors (Lipinski definition) is 1. The molecule has 2 fully saturated rings. The predicted octanol–water partition coefficient (Wildman–Crippen LogP) is 3.07. The van der Waals surface area contributed by atoms with Crippen LogP contribution in [0.15, 0.2) is 0 Å². The summed E-state index contributed by atoms with van der Waals surface area (Å²) < 4.78 is 5.39. The molecule has 1 N–H and O–H groups in total. The molecule has 0 aromatic carbocycles. The van der Waals surface area contributed by atoms with Crippen LogP contribution in [0, 0.1) is 11.8 Å². The van der Waals surface area contributed by atoms with Gasteiger partial charge in [-0.2, -0.15) is 0 Å². The Labute approximate surface area is 139 Å². The zero-order valence-electron chi connectivity index (χ0n) is 14.5. The third-order valence-corrected chi connectivity index (χ3v) is 5.48. The molecule has 2 aliphatic rings. The van der Waals surface area contributed by atoms with Crippen LogP contribution in [0.4, 0.5) is 0 Å². The van der Waals surface area contributed by atoms with Gasteiger partial charge in [-0.15, -0.1) is 0 Å². The topological polar surface area (TPSA) is 66.8 Å². The molecule has 0 aromatic heterocycles. The fraction of sp³-hybridized carbons (Fsp3) is 0.889. The van der Waals surface area contributed by atoms with Crippen LogP contribution < -0.4 is 0 Å². The van der Waals surface area contributed by atoms with E-state index in [1.165, 1.54) is 25.7 Å². The number of carboxylic acid groups (broad SMARTS) is 1. The van der Waals surface area contributed by atoms with E-state index in [1.807, 2.05) is 0 Å². The van der Waals surface area contributed by atoms with Crippen LogP contribution in [0.5, 0.6) is 0 Å². The second kappa shape index (κ2) is 8.67. The SMILES string of the molecule is CCCC(CC1CCCC1)C(=O)N1CC(OC)CC1CC(=O)O. The molecule has 1 aliphatic heterocycles. The number of nitrogens with zero attached hydrogens (tertiary/aromatic N) is 1. The molecular formula is C18H31NO4. The summed E-state index contributed by atoms with van der Waals surface area (Å²) in [4.78, 5) is 26.0. The lowest BCUT2D eigenvalue weighted by Crippen LogP contribution is -2.41. The largest absolute Gasteiger partial charge is 0.481 e. The normalized spacial score (nSPS) is 26.6. The maximum atomic E-state index is 13.1. The Hall–Kier alpha value is -1.10. The van der Waals surface area contributed by atoms with E-state index >= 15 is 0 Å². The van der Waals surface area contributed by atoms with Crippen LogP contribution in [0.1, 0.15) is 64.7 Å². The van der Waals surface area contributed by atoms with Crippen molar-refractivity contribution in [1.82, 2.24) is 4.90 Å². The standard InChI is InChI=1S/C18H31NO4/c1-3-6-14(9-13-7-4-5-8-13)18(22)19-12-16(23-2)10-15(19)11-17(20)21/h13-16H,3-12H2,1-2H3,(H,20,21). The molecule has 0 radical (unpaired) electrons. The van der Waals surface area contributed by atoms with E-state index in [4.69, 9.17) is 9.84 Å². The Morgan fingerprint density at radius 2 is 2.00 bits per heavy atom. The fourth-order valence-electron chi connectivity index (χ4n) is 4.28. The van der Waals surface area contributed by atoms with Crippen molar-refractivity contribution in [2.24, 2.45) is 11.8 Å². The van der Waals surface area contributed by atoms with E-state index in [9.17, 15) is 9.59 Å². The minimum absolute atomic E-state index is 0.0217. The summed E-state index contributed by atoms with van der Waals surface area (Å²) in [5.74, 6) is 0.0428. The molecule has 3 atom stereocenters. The van der Waals surface area contributed by atoms with E-state index in [0.717, 1.165) is 19.3 Å². The number of methoxy groups -OCH3 is 1. The van der Waals surface area contributed by atoms with Gasteiger partial charge in [0.25, 0.3) is 0 Å². The number of ether oxygens (including phenoxy) is 1. The average Bonchev–Trinajstić information content (AvgIpc) is 3.15. The second-order valence-electron chi connectivity index (χ2n) is 7.21. The lowest BCUT2D eigenvalue weighted by atomic mass is 9.89. The zero-order valence-corrected chi connectivity index (χ0v) is 14.5. The van der Waals surface area contributed by atoms with Gasteiger partial charge in [0, 0.05) is 25.6 Å². The molecule has 1 heterocycles. The predicted molar refractivity (Wildman–Crippen MR) is 88.1 cm³/mol. The highest BCUT2D eigenvalue weighted by Gasteiger charge is 2.39. The summed E-state index contributed by atoms with van der Waals surface area (Å²) in [7, 11) is 1.64. The molecule has 3 unspecified atom stereocenters. The Bertz CT molecular complexity index is 406. The monoisotopic (exact) mass is 325 g/mol. The van der Waals surface area contributed by atoms with Crippen LogP contribution in [-0.2, 0) is 14.3 Å². The van der Waals surface area contributed by atoms with Crippen LogP contribution in [-0.4, -0.2) is 47.7 Å². The average molecular weight is 325 g/mol. The van der Waals surface area contributed by atoms with E-state index in [-0.39, 0.29) is 30.4 Å². The first-order valence-corrected chi connectivity index (χ1v) is 9.10. The van der Waals surface area contributed by atoms with Gasteiger partial charge in [0.2, 0.25) is 5.91 Å². The molecular weight excluding hydrogens is 294 g/mol. The molecule has 2 rings (SSSR count). The number of carboxylic acids is 1. The van der Waals surface area contributed by atoms with Gasteiger partial charge in [-0.3, -0.25) is 9.59 Å². The highest BCUT2D eigenvalue weighted by atomic mass is 16.5. The lowest BCUT2D eigenvalue weighted by molar-refractivity contribution is -0.141. The first-order valence-electron chi connectivity index (χ1n) is 9.10. The summed E-state index contributed by atoms with van der Waals surface area (Å²) in [6.07, 6.45) is 8.56. The summed E-state index contributed by atoms with van der Waals surface area (Å²) in [5.41, 5.74) is 0. The zero-order chi connectivity index (χ0) is 16.8. The van der Waals surface area contributed by atoms with E-state index < -0.39 is 5.97 Å². The van der Waals surface area contributed by atoms with Gasteiger partial charge in [0.1, 0.15) is 0 Å². The van der Waals surface area contributed by atoms with Crippen molar-refractivity contribution >= 4 is 11.9 Å². The maximum absolute atomic E-state index is 13.1. The van der Waals surface area contributed by atoms with Crippen molar-refractivity contribution in [3.8, 4) is 0 Å². The molecule has 1 aliphatic carbocycles. The number of amides is 1. The van der Waals surface area contributed by atoms with Crippen LogP contribution in [0.2, 0.25) is 0 Å². The summed E-state index contributed by atoms with van der Waals surface area (Å²) >= 11 is 0. The summed E-state index contributed by atoms with van der Waals surface area (Å²) in [6.45, 7) is 2.66. The molecule has 132 valence electrons. The third-order valence-electron chi connectivity index (χ3n) is 5.48. The number of carbonyl (C=O) groups is 2. The molecule has 23 heavy (non-hydrogen) atoms. The van der Waals surface area contributed by atoms with Crippen molar-refractivity contribution in [2.45, 2.75) is 76.9 Å². The van der Waals surface area contributed by atoms with Crippen molar-refractivity contribution in [2.75, 3.05) is 13.7 Å². The molecule has 0 bridgehead atoms. The Morgan fingerprint density at radius 3 is 2.57 bits per heavy atom. The minimum atomic E-state index is -0.840. The van der Waals surface area contributed by atoms with Crippen molar-refractivity contribution in [3.05, 3.63) is 0 Å². The van der Waals surface area contributed by atoms with Gasteiger partial charge in [0.05, 0.1) is 12.5 Å². The Balaban J connectivity index is 2.04. The smallest absolute Gasteiger partial charge is 0.305 e. The van der Waals surface area contributed by atoms with Gasteiger partial charge in [-0.05, 0) is 25.2 Å². The van der Waals surface area contributed by atoms with Crippen molar-refractivity contribution in [1.29, 1.82) is 0 Å². The Morgan fingerprint density at radius 1 is 1.30 bits per heavy atom. The first kappa shape index (κ1) is 18.2. The van der Waals surface area contributed by atoms with Gasteiger partial charge in [0.15, 0.2) is 0 Å². The molecule has 5 nitrogen and oxygen atoms in total. The number of rotatable bonds is 8. The summed E-state index contributed by atoms with van der Waals surface area (Å²) in [6, 6.07) is -0.215. The molecule has 0 spiro atoms. The second-order valence-corrected chi connectivity index (χ2v) is 7.21. The molecule has 0 aromatic rings. The molecule has 1 saturated heterocycles. The Kier molecular flexibility index (Phi) is 6.88. The van der Waals surface area contributed by atoms with E-state index in [0.29, 0.717) is 18.9 Å². The quantitative estimate of drug-likeness (QED) is 0.745. The van der Waals surface area contributed by atoms with E-state index in [2.05, 4.69) is 6.92 Å². The highest BCUT2D eigenvalue weighted by molar-refractivity contribution is 5.80. The number of aliphatic carboxylic acids is 1. The van der Waals surface area contributed by atoms with Gasteiger partial charge in [-0.25, -0.2) is 0 Å². The number of likely N-dealkylation sites (tertiary alicyclic amines) is 1. The molecule has 5 heteroatoms. The maximum Gasteiger partial charge on any atom is 0.305 e. The van der Waals surface area contributed by atoms with Crippen LogP contribution in [0.25, 0.3) is 0 Å². The van der Waals surface area contributed by atoms with Gasteiger partial charge >= 0.3 is 5.97 Å².